The van der Waals surface area contributed by atoms with Gasteiger partial charge < -0.3 is 15.3 Å². The van der Waals surface area contributed by atoms with Gasteiger partial charge in [0.2, 0.25) is 5.91 Å². The standard InChI is InChI=1S/C11H20N2O2/c1-11(15)7-13(8-11)10(14)3-2-9-4-5-12-6-9/h9,12,15H,2-8H2,1H3. The fourth-order valence-electron chi connectivity index (χ4n) is 2.40. The van der Waals surface area contributed by atoms with Gasteiger partial charge in [0.25, 0.3) is 0 Å². The van der Waals surface area contributed by atoms with Gasteiger partial charge in [-0.3, -0.25) is 4.79 Å². The average Bonchev–Trinajstić information content (AvgIpc) is 2.62. The van der Waals surface area contributed by atoms with Crippen LogP contribution in [0.4, 0.5) is 0 Å². The van der Waals surface area contributed by atoms with Gasteiger partial charge >= 0.3 is 0 Å². The Kier molecular flexibility index (Phi) is 2.98. The van der Waals surface area contributed by atoms with Crippen molar-refractivity contribution in [2.24, 2.45) is 5.92 Å². The van der Waals surface area contributed by atoms with Crippen molar-refractivity contribution in [1.29, 1.82) is 0 Å². The molecule has 1 unspecified atom stereocenters. The topological polar surface area (TPSA) is 52.6 Å². The Morgan fingerprint density at radius 2 is 2.33 bits per heavy atom. The number of nitrogens with one attached hydrogen (secondary N) is 1. The molecule has 86 valence electrons. The summed E-state index contributed by atoms with van der Waals surface area (Å²) < 4.78 is 0. The van der Waals surface area contributed by atoms with E-state index in [1.54, 1.807) is 11.8 Å². The minimum absolute atomic E-state index is 0.202. The van der Waals surface area contributed by atoms with Crippen LogP contribution in [0.15, 0.2) is 0 Å². The zero-order chi connectivity index (χ0) is 10.9. The van der Waals surface area contributed by atoms with Crippen molar-refractivity contribution in [2.45, 2.75) is 31.8 Å². The quantitative estimate of drug-likeness (QED) is 0.690. The lowest BCUT2D eigenvalue weighted by Crippen LogP contribution is -2.61. The summed E-state index contributed by atoms with van der Waals surface area (Å²) in [5.41, 5.74) is -0.634. The van der Waals surface area contributed by atoms with Crippen molar-refractivity contribution in [2.75, 3.05) is 26.2 Å². The van der Waals surface area contributed by atoms with Crippen LogP contribution in [0.25, 0.3) is 0 Å². The summed E-state index contributed by atoms with van der Waals surface area (Å²) in [5, 5.41) is 12.8. The second-order valence-corrected chi connectivity index (χ2v) is 5.14. The number of nitrogens with zero attached hydrogens (tertiary/aromatic N) is 1. The third kappa shape index (κ3) is 2.69. The third-order valence-corrected chi connectivity index (χ3v) is 3.34. The van der Waals surface area contributed by atoms with Crippen LogP contribution in [-0.2, 0) is 4.79 Å². The van der Waals surface area contributed by atoms with E-state index in [-0.39, 0.29) is 5.91 Å². The van der Waals surface area contributed by atoms with Gasteiger partial charge in [-0.25, -0.2) is 0 Å². The highest BCUT2D eigenvalue weighted by Crippen LogP contribution is 2.22. The predicted molar refractivity (Wildman–Crippen MR) is 57.4 cm³/mol. The van der Waals surface area contributed by atoms with Gasteiger partial charge in [-0.05, 0) is 38.8 Å². The van der Waals surface area contributed by atoms with E-state index in [2.05, 4.69) is 5.32 Å². The maximum Gasteiger partial charge on any atom is 0.222 e. The molecule has 0 aromatic carbocycles. The van der Waals surface area contributed by atoms with E-state index in [0.29, 0.717) is 25.4 Å². The lowest BCUT2D eigenvalue weighted by molar-refractivity contribution is -0.152. The number of hydrogen-bond donors (Lipinski definition) is 2. The molecule has 15 heavy (non-hydrogen) atoms. The van der Waals surface area contributed by atoms with Gasteiger partial charge in [0, 0.05) is 6.42 Å². The molecule has 2 aliphatic rings. The van der Waals surface area contributed by atoms with E-state index in [4.69, 9.17) is 0 Å². The molecule has 2 fully saturated rings. The van der Waals surface area contributed by atoms with Crippen molar-refractivity contribution in [3.05, 3.63) is 0 Å². The summed E-state index contributed by atoms with van der Waals surface area (Å²) in [5.74, 6) is 0.879. The Bertz CT molecular complexity index is 239. The number of hydrogen-bond acceptors (Lipinski definition) is 3. The molecule has 0 saturated carbocycles. The molecule has 0 spiro atoms. The van der Waals surface area contributed by atoms with Gasteiger partial charge in [-0.15, -0.1) is 0 Å². The second kappa shape index (κ2) is 4.10. The molecule has 0 bridgehead atoms. The maximum atomic E-state index is 11.7. The van der Waals surface area contributed by atoms with E-state index < -0.39 is 5.60 Å². The summed E-state index contributed by atoms with van der Waals surface area (Å²) in [6.45, 7) is 4.95. The Hall–Kier alpha value is -0.610. The van der Waals surface area contributed by atoms with Crippen molar-refractivity contribution in [3.63, 3.8) is 0 Å². The van der Waals surface area contributed by atoms with Gasteiger partial charge in [-0.1, -0.05) is 0 Å². The van der Waals surface area contributed by atoms with Crippen LogP contribution in [0.5, 0.6) is 0 Å². The van der Waals surface area contributed by atoms with Crippen molar-refractivity contribution in [1.82, 2.24) is 10.2 Å². The summed E-state index contributed by atoms with van der Waals surface area (Å²) in [6, 6.07) is 0. The molecule has 0 aliphatic carbocycles. The highest BCUT2D eigenvalue weighted by Gasteiger charge is 2.39. The Morgan fingerprint density at radius 3 is 2.87 bits per heavy atom. The highest BCUT2D eigenvalue weighted by molar-refractivity contribution is 5.77. The minimum atomic E-state index is -0.634. The van der Waals surface area contributed by atoms with Gasteiger partial charge in [-0.2, -0.15) is 0 Å². The molecule has 4 nitrogen and oxygen atoms in total. The third-order valence-electron chi connectivity index (χ3n) is 3.34. The molecule has 2 heterocycles. The Morgan fingerprint density at radius 1 is 1.60 bits per heavy atom. The summed E-state index contributed by atoms with van der Waals surface area (Å²) in [4.78, 5) is 13.4. The van der Waals surface area contributed by atoms with Gasteiger partial charge in [0.05, 0.1) is 18.7 Å². The average molecular weight is 212 g/mol. The SMILES string of the molecule is CC1(O)CN(C(=O)CCC2CCNC2)C1. The molecular formula is C11H20N2O2. The molecule has 2 N–H and O–H groups in total. The predicted octanol–water partition coefficient (Wildman–Crippen LogP) is -0.0307. The minimum Gasteiger partial charge on any atom is -0.386 e. The summed E-state index contributed by atoms with van der Waals surface area (Å²) in [7, 11) is 0. The van der Waals surface area contributed by atoms with Crippen molar-refractivity contribution >= 4 is 5.91 Å². The maximum absolute atomic E-state index is 11.7. The van der Waals surface area contributed by atoms with E-state index in [9.17, 15) is 9.90 Å². The number of rotatable bonds is 3. The molecule has 1 atom stereocenters. The van der Waals surface area contributed by atoms with Gasteiger partial charge in [0.15, 0.2) is 0 Å². The fraction of sp³-hybridized carbons (Fsp3) is 0.909. The van der Waals surface area contributed by atoms with Crippen LogP contribution in [0.2, 0.25) is 0 Å². The number of β-amino-alcohol motifs (C(OH)–C–C–N with tert-alkyl or cyclic N) is 1. The Balaban J connectivity index is 1.65. The molecule has 2 rings (SSSR count). The van der Waals surface area contributed by atoms with Gasteiger partial charge in [0.1, 0.15) is 0 Å². The number of aliphatic hydroxyl groups is 1. The Labute approximate surface area is 90.6 Å². The number of carbonyl (C=O) groups excluding carboxylic acids is 1. The first-order chi connectivity index (χ1) is 7.07. The van der Waals surface area contributed by atoms with Crippen molar-refractivity contribution < 1.29 is 9.90 Å². The number of likely N-dealkylation sites (tertiary alicyclic amines) is 1. The molecule has 2 saturated heterocycles. The van der Waals surface area contributed by atoms with Crippen LogP contribution in [-0.4, -0.2) is 47.7 Å². The van der Waals surface area contributed by atoms with Crippen LogP contribution in [0.1, 0.15) is 26.2 Å². The van der Waals surface area contributed by atoms with E-state index in [1.807, 2.05) is 0 Å². The molecule has 0 radical (unpaired) electrons. The first-order valence-corrected chi connectivity index (χ1v) is 5.78. The molecule has 4 heteroatoms. The lowest BCUT2D eigenvalue weighted by atomic mass is 9.95. The second-order valence-electron chi connectivity index (χ2n) is 5.14. The van der Waals surface area contributed by atoms with Crippen LogP contribution in [0.3, 0.4) is 0 Å². The molecular weight excluding hydrogens is 192 g/mol. The number of amides is 1. The fourth-order valence-corrected chi connectivity index (χ4v) is 2.40. The molecule has 0 aromatic heterocycles. The lowest BCUT2D eigenvalue weighted by Gasteiger charge is -2.44. The molecule has 1 amide bonds. The smallest absolute Gasteiger partial charge is 0.222 e. The van der Waals surface area contributed by atoms with Crippen LogP contribution in [0, 0.1) is 5.92 Å². The summed E-state index contributed by atoms with van der Waals surface area (Å²) >= 11 is 0. The number of carbonyl (C=O) groups is 1. The first kappa shape index (κ1) is 10.9. The van der Waals surface area contributed by atoms with E-state index >= 15 is 0 Å². The molecule has 0 aromatic rings. The summed E-state index contributed by atoms with van der Waals surface area (Å²) in [6.07, 6.45) is 2.83. The normalized spacial score (nSPS) is 28.9. The first-order valence-electron chi connectivity index (χ1n) is 5.78. The molecule has 2 aliphatic heterocycles. The monoisotopic (exact) mass is 212 g/mol. The van der Waals surface area contributed by atoms with Crippen LogP contribution < -0.4 is 5.32 Å². The zero-order valence-electron chi connectivity index (χ0n) is 9.33. The highest BCUT2D eigenvalue weighted by atomic mass is 16.3. The van der Waals surface area contributed by atoms with Crippen molar-refractivity contribution in [3.8, 4) is 0 Å². The largest absolute Gasteiger partial charge is 0.386 e. The van der Waals surface area contributed by atoms with E-state index in [0.717, 1.165) is 19.5 Å². The van der Waals surface area contributed by atoms with E-state index in [1.165, 1.54) is 6.42 Å². The zero-order valence-corrected chi connectivity index (χ0v) is 9.33. The van der Waals surface area contributed by atoms with Crippen LogP contribution >= 0.6 is 0 Å².